The zero-order valence-electron chi connectivity index (χ0n) is 38.1. The van der Waals surface area contributed by atoms with Gasteiger partial charge < -0.3 is 40.2 Å². The topological polar surface area (TPSA) is 197 Å². The molecule has 1 aliphatic heterocycles. The lowest BCUT2D eigenvalue weighted by Crippen LogP contribution is -2.74. The molecule has 4 amide bonds. The number of aliphatic hydroxyl groups is 1. The molecule has 3 atom stereocenters. The van der Waals surface area contributed by atoms with E-state index in [0.717, 1.165) is 11.3 Å². The number of nitriles is 1. The minimum Gasteiger partial charge on any atom is -0.494 e. The van der Waals surface area contributed by atoms with Gasteiger partial charge >= 0.3 is 0 Å². The van der Waals surface area contributed by atoms with Gasteiger partial charge in [0.2, 0.25) is 17.7 Å². The summed E-state index contributed by atoms with van der Waals surface area (Å²) in [5.74, 6) is -0.328. The summed E-state index contributed by atoms with van der Waals surface area (Å²) < 4.78 is 19.6. The Morgan fingerprint density at radius 1 is 0.969 bits per heavy atom. The molecule has 2 fully saturated rings. The summed E-state index contributed by atoms with van der Waals surface area (Å²) in [6.45, 7) is 14.3. The van der Waals surface area contributed by atoms with Gasteiger partial charge in [-0.2, -0.15) is 10.4 Å². The Labute approximate surface area is 385 Å². The molecule has 15 nitrogen and oxygen atoms in total. The first-order chi connectivity index (χ1) is 30.8. The Balaban J connectivity index is 0.893. The van der Waals surface area contributed by atoms with Crippen LogP contribution in [0.3, 0.4) is 0 Å². The van der Waals surface area contributed by atoms with Crippen LogP contribution in [0.4, 0.5) is 0 Å². The lowest BCUT2D eigenvalue weighted by atomic mass is 9.49. The number of likely N-dealkylation sites (tertiary alicyclic amines) is 1. The predicted molar refractivity (Wildman–Crippen MR) is 244 cm³/mol. The molecule has 4 N–H and O–H groups in total. The van der Waals surface area contributed by atoms with E-state index in [1.54, 1.807) is 53.3 Å². The van der Waals surface area contributed by atoms with Crippen molar-refractivity contribution in [2.45, 2.75) is 105 Å². The van der Waals surface area contributed by atoms with E-state index in [1.807, 2.05) is 57.3 Å². The van der Waals surface area contributed by atoms with Gasteiger partial charge in [-0.25, -0.2) is 4.68 Å². The smallest absolute Gasteiger partial charge is 0.251 e. The second kappa shape index (κ2) is 20.5. The summed E-state index contributed by atoms with van der Waals surface area (Å²) >= 11 is 6.23. The van der Waals surface area contributed by atoms with Gasteiger partial charge in [-0.15, -0.1) is 0 Å². The highest BCUT2D eigenvalue weighted by molar-refractivity contribution is 6.31. The summed E-state index contributed by atoms with van der Waals surface area (Å²) in [4.78, 5) is 55.1. The van der Waals surface area contributed by atoms with E-state index >= 15 is 0 Å². The van der Waals surface area contributed by atoms with Crippen LogP contribution in [-0.4, -0.2) is 100 Å². The second-order valence-corrected chi connectivity index (χ2v) is 19.4. The Bertz CT molecular complexity index is 2320. The Morgan fingerprint density at radius 2 is 1.65 bits per heavy atom. The average Bonchev–Trinajstić information content (AvgIpc) is 3.96. The van der Waals surface area contributed by atoms with Gasteiger partial charge in [0.25, 0.3) is 5.91 Å². The third-order valence-electron chi connectivity index (χ3n) is 12.2. The van der Waals surface area contributed by atoms with Crippen LogP contribution in [0.2, 0.25) is 5.02 Å². The van der Waals surface area contributed by atoms with Gasteiger partial charge in [0.05, 0.1) is 29.0 Å². The van der Waals surface area contributed by atoms with E-state index in [4.69, 9.17) is 25.8 Å². The fraction of sp³-hybridized carbons (Fsp3) is 0.469. The first-order valence-electron chi connectivity index (χ1n) is 21.9. The summed E-state index contributed by atoms with van der Waals surface area (Å²) in [7, 11) is 0. The van der Waals surface area contributed by atoms with E-state index in [-0.39, 0.29) is 56.7 Å². The number of carbonyl (C=O) groups excluding carboxylic acids is 4. The van der Waals surface area contributed by atoms with Crippen LogP contribution in [0.5, 0.6) is 11.5 Å². The minimum atomic E-state index is -0.967. The van der Waals surface area contributed by atoms with E-state index < -0.39 is 46.2 Å². The fourth-order valence-corrected chi connectivity index (χ4v) is 9.20. The Kier molecular flexibility index (Phi) is 15.3. The van der Waals surface area contributed by atoms with Crippen LogP contribution in [0.15, 0.2) is 85.2 Å². The molecular weight excluding hydrogens is 850 g/mol. The number of unbranched alkanes of at least 4 members (excludes halogenated alkanes) is 1. The predicted octanol–water partition coefficient (Wildman–Crippen LogP) is 5.99. The molecule has 2 aliphatic rings. The van der Waals surface area contributed by atoms with Crippen LogP contribution in [0, 0.1) is 27.6 Å². The lowest BCUT2D eigenvalue weighted by Gasteiger charge is -2.63. The number of nitrogens with one attached hydrogen (secondary N) is 3. The molecule has 1 saturated carbocycles. The highest BCUT2D eigenvalue weighted by Crippen LogP contribution is 2.55. The maximum Gasteiger partial charge on any atom is 0.251 e. The number of hydrogen-bond donors (Lipinski definition) is 4. The van der Waals surface area contributed by atoms with Gasteiger partial charge in [-0.1, -0.05) is 72.2 Å². The number of hydrogen-bond acceptors (Lipinski definition) is 10. The normalized spacial score (nSPS) is 20.2. The molecule has 3 aromatic carbocycles. The molecule has 0 radical (unpaired) electrons. The molecule has 65 heavy (non-hydrogen) atoms. The number of β-amino-alcohol motifs (C(OH)–C–C–N with tert-alkyl or cyclic N) is 1. The molecule has 1 saturated heterocycles. The summed E-state index contributed by atoms with van der Waals surface area (Å²) in [5.41, 5.74) is 1.12. The number of halogens is 1. The Hall–Kier alpha value is -5.95. The molecule has 0 unspecified atom stereocenters. The van der Waals surface area contributed by atoms with Gasteiger partial charge in [0, 0.05) is 67.0 Å². The van der Waals surface area contributed by atoms with Gasteiger partial charge in [-0.3, -0.25) is 19.2 Å². The van der Waals surface area contributed by atoms with Crippen LogP contribution in [0.25, 0.3) is 5.69 Å². The number of ether oxygens (including phenoxy) is 3. The van der Waals surface area contributed by atoms with Crippen molar-refractivity contribution in [3.8, 4) is 23.3 Å². The van der Waals surface area contributed by atoms with Crippen LogP contribution in [0.1, 0.15) is 89.2 Å². The Morgan fingerprint density at radius 3 is 2.28 bits per heavy atom. The minimum absolute atomic E-state index is 0.0233. The molecule has 0 spiro atoms. The second-order valence-electron chi connectivity index (χ2n) is 19.0. The molecule has 1 aliphatic carbocycles. The molecule has 1 aromatic heterocycles. The molecule has 16 heteroatoms. The van der Waals surface area contributed by atoms with Gasteiger partial charge in [-0.05, 0) is 78.4 Å². The monoisotopic (exact) mass is 909 g/mol. The lowest BCUT2D eigenvalue weighted by molar-refractivity contribution is -0.164. The fourth-order valence-electron chi connectivity index (χ4n) is 8.99. The van der Waals surface area contributed by atoms with Crippen molar-refractivity contribution in [2.75, 3.05) is 26.4 Å². The standard InChI is InChI=1S/C49H60ClN7O8/c1-47(2,3)41(44(62)56-29-35(58)25-39(56)43(61)52-28-31-11-16-34(17-12-31)57-22-10-21-53-57)54-40(59)30-63-23-8-9-24-64-36-18-13-32(14-19-36)42(60)55-45-48(4,5)46(49(45,6)7)65-37-20-15-33(27-51)38(50)26-37/h10-22,26,35,39,41,45-46,58H,8-9,23-25,28-30H2,1-7H3,(H,52,61)(H,54,59)(H,55,60)/t35-,39+,41-,45-,46-/m1/s1. The SMILES string of the molecule is CC(C)(C)[C@H](NC(=O)COCCCCOc1ccc(C(=O)N[C@H]2C(C)(C)[C@H](Oc3ccc(C#N)c(Cl)c3)C2(C)C)cc1)C(=O)N1C[C@H](O)C[C@H]1C(=O)NCc1ccc(-n2cccn2)cc1. The number of benzene rings is 3. The molecule has 4 aromatic rings. The summed E-state index contributed by atoms with van der Waals surface area (Å²) in [6.07, 6.45) is 3.78. The first-order valence-corrected chi connectivity index (χ1v) is 22.3. The van der Waals surface area contributed by atoms with Crippen LogP contribution >= 0.6 is 11.6 Å². The van der Waals surface area contributed by atoms with E-state index in [9.17, 15) is 29.5 Å². The maximum atomic E-state index is 13.9. The van der Waals surface area contributed by atoms with Crippen molar-refractivity contribution in [3.05, 3.63) is 107 Å². The highest BCUT2D eigenvalue weighted by atomic mass is 35.5. The number of carbonyl (C=O) groups is 4. The van der Waals surface area contributed by atoms with E-state index in [0.29, 0.717) is 47.1 Å². The summed E-state index contributed by atoms with van der Waals surface area (Å²) in [6, 6.07) is 21.4. The van der Waals surface area contributed by atoms with Crippen LogP contribution in [-0.2, 0) is 25.7 Å². The quantitative estimate of drug-likeness (QED) is 0.0861. The van der Waals surface area contributed by atoms with Crippen LogP contribution < -0.4 is 25.4 Å². The largest absolute Gasteiger partial charge is 0.494 e. The molecule has 346 valence electrons. The van der Waals surface area contributed by atoms with Crippen molar-refractivity contribution in [3.63, 3.8) is 0 Å². The van der Waals surface area contributed by atoms with Crippen molar-refractivity contribution < 1.29 is 38.5 Å². The maximum absolute atomic E-state index is 13.9. The van der Waals surface area contributed by atoms with E-state index in [2.05, 4.69) is 54.8 Å². The van der Waals surface area contributed by atoms with Crippen molar-refractivity contribution in [2.24, 2.45) is 16.2 Å². The van der Waals surface area contributed by atoms with Crippen molar-refractivity contribution in [1.82, 2.24) is 30.6 Å². The molecular formula is C49H60ClN7O8. The zero-order valence-corrected chi connectivity index (χ0v) is 38.9. The third kappa shape index (κ3) is 11.7. The molecule has 2 heterocycles. The van der Waals surface area contributed by atoms with E-state index in [1.165, 1.54) is 4.90 Å². The number of aliphatic hydroxyl groups excluding tert-OH is 1. The number of nitrogens with zero attached hydrogens (tertiary/aromatic N) is 4. The number of rotatable bonds is 18. The van der Waals surface area contributed by atoms with Gasteiger partial charge in [0.15, 0.2) is 0 Å². The number of aromatic nitrogens is 2. The van der Waals surface area contributed by atoms with Crippen molar-refractivity contribution >= 4 is 35.2 Å². The highest BCUT2D eigenvalue weighted by Gasteiger charge is 2.64. The van der Waals surface area contributed by atoms with Gasteiger partial charge in [0.1, 0.15) is 42.4 Å². The molecule has 6 rings (SSSR count). The first kappa shape index (κ1) is 48.5. The average molecular weight is 911 g/mol. The van der Waals surface area contributed by atoms with Crippen molar-refractivity contribution in [1.29, 1.82) is 5.26 Å². The third-order valence-corrected chi connectivity index (χ3v) is 12.5. The molecule has 0 bridgehead atoms. The number of amides is 4. The zero-order chi connectivity index (χ0) is 47.1. The summed E-state index contributed by atoms with van der Waals surface area (Å²) in [5, 5.41) is 33.2.